The standard InChI is InChI=1S/C23H27N7.ClH/c1-3-4-9-22-25-21(14-15-24)16(2)30(22)18-12-10-17(11-13-18)19-7-5-6-8-20(19)23-26-28-29-27-23;/h5-8,10-13H,3-4,9,14-15,24H2,1-2H3,(H,26,27,28,29);1H. The molecule has 4 rings (SSSR count). The number of nitrogens with one attached hydrogen (secondary N) is 1. The van der Waals surface area contributed by atoms with E-state index in [1.165, 1.54) is 5.69 Å². The molecule has 0 fully saturated rings. The fourth-order valence-corrected chi connectivity index (χ4v) is 3.82. The van der Waals surface area contributed by atoms with Gasteiger partial charge in [0.15, 0.2) is 0 Å². The molecular weight excluding hydrogens is 410 g/mol. The van der Waals surface area contributed by atoms with Crippen molar-refractivity contribution in [1.29, 1.82) is 0 Å². The lowest BCUT2D eigenvalue weighted by Crippen LogP contribution is -2.05. The van der Waals surface area contributed by atoms with Crippen molar-refractivity contribution >= 4 is 12.4 Å². The Balaban J connectivity index is 0.00000272. The van der Waals surface area contributed by atoms with Gasteiger partial charge in [0.25, 0.3) is 0 Å². The van der Waals surface area contributed by atoms with Crippen LogP contribution < -0.4 is 5.73 Å². The number of aromatic amines is 1. The van der Waals surface area contributed by atoms with Crippen LogP contribution >= 0.6 is 12.4 Å². The number of nitrogens with two attached hydrogens (primary N) is 1. The number of hydrogen-bond donors (Lipinski definition) is 2. The van der Waals surface area contributed by atoms with Gasteiger partial charge in [-0.2, -0.15) is 5.21 Å². The maximum Gasteiger partial charge on any atom is 0.205 e. The van der Waals surface area contributed by atoms with Gasteiger partial charge < -0.3 is 10.3 Å². The van der Waals surface area contributed by atoms with Crippen LogP contribution in [0.4, 0.5) is 0 Å². The van der Waals surface area contributed by atoms with Crippen LogP contribution in [-0.4, -0.2) is 36.7 Å². The van der Waals surface area contributed by atoms with Crippen LogP contribution in [0.15, 0.2) is 48.5 Å². The monoisotopic (exact) mass is 437 g/mol. The number of hydrogen-bond acceptors (Lipinski definition) is 5. The second kappa shape index (κ2) is 10.3. The summed E-state index contributed by atoms with van der Waals surface area (Å²) < 4.78 is 2.27. The first kappa shape index (κ1) is 22.7. The number of imidazole rings is 1. The SMILES string of the molecule is CCCCc1nc(CCN)c(C)n1-c1ccc(-c2ccccc2-c2nn[nH]n2)cc1.Cl. The van der Waals surface area contributed by atoms with Gasteiger partial charge in [-0.05, 0) is 48.4 Å². The van der Waals surface area contributed by atoms with E-state index < -0.39 is 0 Å². The molecule has 0 saturated carbocycles. The summed E-state index contributed by atoms with van der Waals surface area (Å²) in [5.74, 6) is 1.70. The molecule has 0 atom stereocenters. The molecule has 8 heteroatoms. The number of aromatic nitrogens is 6. The molecule has 0 unspecified atom stereocenters. The van der Waals surface area contributed by atoms with Gasteiger partial charge in [-0.1, -0.05) is 49.7 Å². The van der Waals surface area contributed by atoms with Crippen molar-refractivity contribution in [3.63, 3.8) is 0 Å². The number of H-pyrrole nitrogens is 1. The summed E-state index contributed by atoms with van der Waals surface area (Å²) in [5, 5.41) is 14.5. The van der Waals surface area contributed by atoms with Crippen molar-refractivity contribution in [2.24, 2.45) is 5.73 Å². The third-order valence-electron chi connectivity index (χ3n) is 5.36. The topological polar surface area (TPSA) is 98.3 Å². The normalized spacial score (nSPS) is 10.8. The second-order valence-corrected chi connectivity index (χ2v) is 7.37. The highest BCUT2D eigenvalue weighted by Gasteiger charge is 2.15. The number of nitrogens with zero attached hydrogens (tertiary/aromatic N) is 5. The van der Waals surface area contributed by atoms with E-state index in [0.29, 0.717) is 12.4 Å². The zero-order valence-corrected chi connectivity index (χ0v) is 18.7. The van der Waals surface area contributed by atoms with Crippen molar-refractivity contribution in [2.75, 3.05) is 6.54 Å². The van der Waals surface area contributed by atoms with Crippen molar-refractivity contribution in [1.82, 2.24) is 30.2 Å². The molecule has 2 heterocycles. The lowest BCUT2D eigenvalue weighted by Gasteiger charge is -2.12. The minimum atomic E-state index is 0. The molecule has 0 bridgehead atoms. The molecule has 162 valence electrons. The summed E-state index contributed by atoms with van der Waals surface area (Å²) in [6, 6.07) is 16.7. The highest BCUT2D eigenvalue weighted by molar-refractivity contribution is 5.85. The summed E-state index contributed by atoms with van der Waals surface area (Å²) >= 11 is 0. The Bertz CT molecular complexity index is 1100. The third kappa shape index (κ3) is 4.68. The van der Waals surface area contributed by atoms with E-state index in [1.54, 1.807) is 0 Å². The minimum absolute atomic E-state index is 0. The van der Waals surface area contributed by atoms with E-state index in [1.807, 2.05) is 18.2 Å². The molecule has 31 heavy (non-hydrogen) atoms. The molecule has 0 saturated heterocycles. The molecule has 3 N–H and O–H groups in total. The number of halogens is 1. The first-order valence-electron chi connectivity index (χ1n) is 10.4. The van der Waals surface area contributed by atoms with E-state index in [-0.39, 0.29) is 12.4 Å². The van der Waals surface area contributed by atoms with Crippen LogP contribution in [0.3, 0.4) is 0 Å². The van der Waals surface area contributed by atoms with Gasteiger partial charge in [0.1, 0.15) is 5.82 Å². The van der Waals surface area contributed by atoms with Crippen LogP contribution in [0.1, 0.15) is 37.0 Å². The predicted octanol–water partition coefficient (Wildman–Crippen LogP) is 4.29. The summed E-state index contributed by atoms with van der Waals surface area (Å²) in [6.07, 6.45) is 4.02. The van der Waals surface area contributed by atoms with Crippen LogP contribution in [0.25, 0.3) is 28.2 Å². The zero-order chi connectivity index (χ0) is 20.9. The van der Waals surface area contributed by atoms with Crippen LogP contribution in [0, 0.1) is 6.92 Å². The average molecular weight is 438 g/mol. The molecule has 0 aliphatic heterocycles. The fourth-order valence-electron chi connectivity index (χ4n) is 3.82. The van der Waals surface area contributed by atoms with Crippen molar-refractivity contribution in [3.8, 4) is 28.2 Å². The van der Waals surface area contributed by atoms with Gasteiger partial charge in [-0.3, -0.25) is 0 Å². The highest BCUT2D eigenvalue weighted by atomic mass is 35.5. The Morgan fingerprint density at radius 3 is 2.39 bits per heavy atom. The van der Waals surface area contributed by atoms with Crippen molar-refractivity contribution < 1.29 is 0 Å². The summed E-state index contributed by atoms with van der Waals surface area (Å²) in [7, 11) is 0. The summed E-state index contributed by atoms with van der Waals surface area (Å²) in [6.45, 7) is 4.95. The van der Waals surface area contributed by atoms with Crippen molar-refractivity contribution in [2.45, 2.75) is 39.5 Å². The molecule has 2 aromatic heterocycles. The van der Waals surface area contributed by atoms with E-state index in [2.05, 4.69) is 69.4 Å². The molecule has 7 nitrogen and oxygen atoms in total. The maximum atomic E-state index is 5.80. The Kier molecular flexibility index (Phi) is 7.55. The van der Waals surface area contributed by atoms with Crippen LogP contribution in [-0.2, 0) is 12.8 Å². The number of tetrazole rings is 1. The lowest BCUT2D eigenvalue weighted by molar-refractivity contribution is 0.734. The maximum absolute atomic E-state index is 5.80. The van der Waals surface area contributed by atoms with Crippen LogP contribution in [0.5, 0.6) is 0 Å². The molecule has 4 aromatic rings. The third-order valence-corrected chi connectivity index (χ3v) is 5.36. The van der Waals surface area contributed by atoms with Crippen LogP contribution in [0.2, 0.25) is 0 Å². The minimum Gasteiger partial charge on any atom is -0.330 e. The molecule has 0 radical (unpaired) electrons. The molecule has 2 aromatic carbocycles. The largest absolute Gasteiger partial charge is 0.330 e. The quantitative estimate of drug-likeness (QED) is 0.428. The molecule has 0 aliphatic rings. The first-order valence-corrected chi connectivity index (χ1v) is 10.4. The fraction of sp³-hybridized carbons (Fsp3) is 0.304. The Morgan fingerprint density at radius 1 is 1.00 bits per heavy atom. The Labute approximate surface area is 188 Å². The number of aryl methyl sites for hydroxylation is 1. The van der Waals surface area contributed by atoms with E-state index in [0.717, 1.165) is 59.6 Å². The zero-order valence-electron chi connectivity index (χ0n) is 17.9. The van der Waals surface area contributed by atoms with E-state index in [4.69, 9.17) is 10.7 Å². The van der Waals surface area contributed by atoms with Gasteiger partial charge in [0, 0.05) is 29.8 Å². The molecule has 0 aliphatic carbocycles. The van der Waals surface area contributed by atoms with Crippen molar-refractivity contribution in [3.05, 3.63) is 65.7 Å². The Morgan fingerprint density at radius 2 is 1.74 bits per heavy atom. The number of benzene rings is 2. The van der Waals surface area contributed by atoms with Gasteiger partial charge in [-0.25, -0.2) is 4.98 Å². The Hall–Kier alpha value is -3.03. The average Bonchev–Trinajstić information content (AvgIpc) is 3.42. The predicted molar refractivity (Wildman–Crippen MR) is 126 cm³/mol. The van der Waals surface area contributed by atoms with Gasteiger partial charge >= 0.3 is 0 Å². The summed E-state index contributed by atoms with van der Waals surface area (Å²) in [5.41, 5.74) is 12.3. The number of unbranched alkanes of at least 4 members (excludes halogenated alkanes) is 1. The molecular formula is C23H28ClN7. The van der Waals surface area contributed by atoms with E-state index in [9.17, 15) is 0 Å². The highest BCUT2D eigenvalue weighted by Crippen LogP contribution is 2.31. The number of rotatable bonds is 8. The van der Waals surface area contributed by atoms with E-state index >= 15 is 0 Å². The molecule has 0 spiro atoms. The summed E-state index contributed by atoms with van der Waals surface area (Å²) in [4.78, 5) is 4.90. The smallest absolute Gasteiger partial charge is 0.205 e. The van der Waals surface area contributed by atoms with Gasteiger partial charge in [0.05, 0.1) is 5.69 Å². The first-order chi connectivity index (χ1) is 14.7. The van der Waals surface area contributed by atoms with Gasteiger partial charge in [0.2, 0.25) is 5.82 Å². The lowest BCUT2D eigenvalue weighted by atomic mass is 9.99. The van der Waals surface area contributed by atoms with Gasteiger partial charge in [-0.15, -0.1) is 22.6 Å². The molecule has 0 amide bonds. The second-order valence-electron chi connectivity index (χ2n) is 7.37.